The van der Waals surface area contributed by atoms with E-state index in [9.17, 15) is 4.79 Å². The highest BCUT2D eigenvalue weighted by molar-refractivity contribution is 6.04. The summed E-state index contributed by atoms with van der Waals surface area (Å²) in [6.07, 6.45) is 9.27. The highest BCUT2D eigenvalue weighted by atomic mass is 16.1. The van der Waals surface area contributed by atoms with E-state index >= 15 is 0 Å². The van der Waals surface area contributed by atoms with Crippen LogP contribution in [0, 0.1) is 6.92 Å². The van der Waals surface area contributed by atoms with Crippen molar-refractivity contribution in [3.8, 4) is 16.8 Å². The minimum Gasteiger partial charge on any atom is -0.306 e. The number of imidazole rings is 2. The van der Waals surface area contributed by atoms with Crippen molar-refractivity contribution in [1.82, 2.24) is 28.5 Å². The zero-order chi connectivity index (χ0) is 21.1. The predicted molar refractivity (Wildman–Crippen MR) is 121 cm³/mol. The monoisotopic (exact) mass is 406 g/mol. The first-order valence-corrected chi connectivity index (χ1v) is 9.97. The summed E-state index contributed by atoms with van der Waals surface area (Å²) < 4.78 is 5.37. The number of hydrogen-bond donors (Lipinski definition) is 0. The molecule has 0 atom stereocenters. The zero-order valence-corrected chi connectivity index (χ0v) is 17.0. The van der Waals surface area contributed by atoms with Crippen molar-refractivity contribution in [1.29, 1.82) is 0 Å². The number of hydrogen-bond acceptors (Lipinski definition) is 4. The lowest BCUT2D eigenvalue weighted by Crippen LogP contribution is -2.21. The summed E-state index contributed by atoms with van der Waals surface area (Å²) in [6.45, 7) is 1.91. The number of aromatic nitrogens is 6. The standard InChI is InChI=1S/C24H18N6O/c1-15-20(4-3-9-25-15)30-23-18-12-16(17-6-8-22-26-10-11-29(22)14-17)5-7-19(18)27-13-21(23)28(2)24(30)31/h3-14H,1-2H3. The van der Waals surface area contributed by atoms with Crippen molar-refractivity contribution in [2.75, 3.05) is 0 Å². The molecule has 0 aliphatic rings. The summed E-state index contributed by atoms with van der Waals surface area (Å²) in [5.41, 5.74) is 6.90. The Morgan fingerprint density at radius 3 is 2.68 bits per heavy atom. The number of rotatable bonds is 2. The fourth-order valence-electron chi connectivity index (χ4n) is 4.20. The first-order valence-electron chi connectivity index (χ1n) is 9.97. The van der Waals surface area contributed by atoms with Gasteiger partial charge < -0.3 is 4.40 Å². The van der Waals surface area contributed by atoms with Gasteiger partial charge in [0.25, 0.3) is 0 Å². The van der Waals surface area contributed by atoms with Gasteiger partial charge in [-0.05, 0) is 54.4 Å². The summed E-state index contributed by atoms with van der Waals surface area (Å²) in [5.74, 6) is 0. The topological polar surface area (TPSA) is 70.0 Å². The van der Waals surface area contributed by atoms with Crippen molar-refractivity contribution in [2.45, 2.75) is 6.92 Å². The van der Waals surface area contributed by atoms with Crippen LogP contribution in [0.1, 0.15) is 5.69 Å². The van der Waals surface area contributed by atoms with Gasteiger partial charge in [0.15, 0.2) is 0 Å². The molecule has 0 radical (unpaired) electrons. The Hall–Kier alpha value is -4.26. The van der Waals surface area contributed by atoms with Gasteiger partial charge >= 0.3 is 5.69 Å². The van der Waals surface area contributed by atoms with Crippen molar-refractivity contribution < 1.29 is 0 Å². The molecule has 0 saturated carbocycles. The molecule has 1 aromatic carbocycles. The largest absolute Gasteiger partial charge is 0.333 e. The molecule has 0 fully saturated rings. The Bertz CT molecular complexity index is 1690. The van der Waals surface area contributed by atoms with Crippen molar-refractivity contribution in [2.24, 2.45) is 7.05 Å². The molecule has 0 bridgehead atoms. The molecule has 31 heavy (non-hydrogen) atoms. The van der Waals surface area contributed by atoms with E-state index in [4.69, 9.17) is 0 Å². The second-order valence-electron chi connectivity index (χ2n) is 7.62. The minimum atomic E-state index is -0.120. The summed E-state index contributed by atoms with van der Waals surface area (Å²) in [5, 5.41) is 0.918. The molecule has 0 unspecified atom stereocenters. The third-order valence-corrected chi connectivity index (χ3v) is 5.83. The molecule has 0 saturated heterocycles. The van der Waals surface area contributed by atoms with E-state index in [0.29, 0.717) is 0 Å². The normalized spacial score (nSPS) is 11.7. The Morgan fingerprint density at radius 2 is 1.81 bits per heavy atom. The van der Waals surface area contributed by atoms with E-state index in [1.807, 2.05) is 41.8 Å². The predicted octanol–water partition coefficient (Wildman–Crippen LogP) is 3.90. The van der Waals surface area contributed by atoms with Crippen LogP contribution in [0.3, 0.4) is 0 Å². The van der Waals surface area contributed by atoms with Crippen LogP contribution in [0.5, 0.6) is 0 Å². The minimum absolute atomic E-state index is 0.120. The Morgan fingerprint density at radius 1 is 0.935 bits per heavy atom. The number of pyridine rings is 3. The van der Waals surface area contributed by atoms with Crippen LogP contribution in [-0.2, 0) is 7.05 Å². The highest BCUT2D eigenvalue weighted by Crippen LogP contribution is 2.30. The lowest BCUT2D eigenvalue weighted by molar-refractivity contribution is 0.840. The van der Waals surface area contributed by atoms with Gasteiger partial charge in [-0.25, -0.2) is 9.78 Å². The average molecular weight is 406 g/mol. The molecule has 6 aromatic rings. The SMILES string of the molecule is Cc1ncccc1-n1c(=O)n(C)c2cnc3ccc(-c4ccc5nccn5c4)cc3c21. The van der Waals surface area contributed by atoms with E-state index < -0.39 is 0 Å². The lowest BCUT2D eigenvalue weighted by atomic mass is 10.0. The maximum Gasteiger partial charge on any atom is 0.333 e. The molecule has 0 aliphatic heterocycles. The summed E-state index contributed by atoms with van der Waals surface area (Å²) in [6, 6.07) is 14.0. The van der Waals surface area contributed by atoms with Gasteiger partial charge in [0.1, 0.15) is 5.65 Å². The summed E-state index contributed by atoms with van der Waals surface area (Å²) in [7, 11) is 1.78. The average Bonchev–Trinajstić information content (AvgIpc) is 3.36. The lowest BCUT2D eigenvalue weighted by Gasteiger charge is -2.09. The molecule has 5 heterocycles. The third-order valence-electron chi connectivity index (χ3n) is 5.83. The first kappa shape index (κ1) is 17.6. The fourth-order valence-corrected chi connectivity index (χ4v) is 4.20. The molecule has 0 spiro atoms. The van der Waals surface area contributed by atoms with Crippen LogP contribution in [0.25, 0.3) is 44.4 Å². The van der Waals surface area contributed by atoms with E-state index in [-0.39, 0.29) is 5.69 Å². The molecule has 7 heteroatoms. The third kappa shape index (κ3) is 2.53. The Labute approximate surface area is 176 Å². The highest BCUT2D eigenvalue weighted by Gasteiger charge is 2.18. The molecule has 150 valence electrons. The second-order valence-corrected chi connectivity index (χ2v) is 7.62. The maximum absolute atomic E-state index is 13.2. The number of aryl methyl sites for hydroxylation is 2. The summed E-state index contributed by atoms with van der Waals surface area (Å²) >= 11 is 0. The maximum atomic E-state index is 13.2. The van der Waals surface area contributed by atoms with E-state index in [0.717, 1.165) is 50.1 Å². The fraction of sp³-hybridized carbons (Fsp3) is 0.0833. The van der Waals surface area contributed by atoms with Gasteiger partial charge in [0.2, 0.25) is 0 Å². The van der Waals surface area contributed by atoms with Gasteiger partial charge in [0, 0.05) is 37.2 Å². The van der Waals surface area contributed by atoms with Gasteiger partial charge in [-0.15, -0.1) is 0 Å². The van der Waals surface area contributed by atoms with Crippen molar-refractivity contribution in [3.63, 3.8) is 0 Å². The van der Waals surface area contributed by atoms with Gasteiger partial charge in [-0.3, -0.25) is 19.1 Å². The van der Waals surface area contributed by atoms with E-state index in [2.05, 4.69) is 39.3 Å². The van der Waals surface area contributed by atoms with Crippen LogP contribution in [-0.4, -0.2) is 28.5 Å². The second kappa shape index (κ2) is 6.37. The molecule has 6 rings (SSSR count). The van der Waals surface area contributed by atoms with Crippen molar-refractivity contribution in [3.05, 3.63) is 89.6 Å². The Kier molecular flexibility index (Phi) is 3.61. The van der Waals surface area contributed by atoms with Crippen molar-refractivity contribution >= 4 is 27.6 Å². The van der Waals surface area contributed by atoms with Crippen LogP contribution in [0.2, 0.25) is 0 Å². The smallest absolute Gasteiger partial charge is 0.306 e. The quantitative estimate of drug-likeness (QED) is 0.437. The molecule has 7 nitrogen and oxygen atoms in total. The first-order chi connectivity index (χ1) is 15.1. The van der Waals surface area contributed by atoms with Gasteiger partial charge in [-0.1, -0.05) is 6.07 Å². The zero-order valence-electron chi connectivity index (χ0n) is 17.0. The van der Waals surface area contributed by atoms with E-state index in [1.165, 1.54) is 0 Å². The Balaban J connectivity index is 1.70. The van der Waals surface area contributed by atoms with Crippen LogP contribution in [0.15, 0.2) is 78.2 Å². The number of nitrogens with zero attached hydrogens (tertiary/aromatic N) is 6. The van der Waals surface area contributed by atoms with Gasteiger partial charge in [0.05, 0.1) is 34.1 Å². The van der Waals surface area contributed by atoms with Crippen LogP contribution in [0.4, 0.5) is 0 Å². The van der Waals surface area contributed by atoms with E-state index in [1.54, 1.807) is 34.8 Å². The van der Waals surface area contributed by atoms with Crippen LogP contribution >= 0.6 is 0 Å². The van der Waals surface area contributed by atoms with Crippen LogP contribution < -0.4 is 5.69 Å². The molecule has 0 N–H and O–H groups in total. The number of fused-ring (bicyclic) bond motifs is 4. The number of benzene rings is 1. The molecule has 0 amide bonds. The molecule has 5 aromatic heterocycles. The van der Waals surface area contributed by atoms with Gasteiger partial charge in [-0.2, -0.15) is 0 Å². The molecule has 0 aliphatic carbocycles. The molecular weight excluding hydrogens is 388 g/mol. The summed E-state index contributed by atoms with van der Waals surface area (Å²) in [4.78, 5) is 26.5. The molecular formula is C24H18N6O.